The van der Waals surface area contributed by atoms with Crippen LogP contribution in [0.1, 0.15) is 12.5 Å². The number of nitrogens with one attached hydrogen (secondary N) is 1. The van der Waals surface area contributed by atoms with Gasteiger partial charge < -0.3 is 19.6 Å². The van der Waals surface area contributed by atoms with Gasteiger partial charge in [0, 0.05) is 0 Å². The van der Waals surface area contributed by atoms with E-state index in [-0.39, 0.29) is 6.61 Å². The molecular formula is C10H9F3N2O6. The van der Waals surface area contributed by atoms with E-state index >= 15 is 0 Å². The standard InChI is InChI=1S/C10H9F3N2O6/c1-2-20-8(16)3-5-6(21-10(11,12)13)4-7(15(18)19)14-9(5)17/h4H,2-3H2,1H3,(H,14,17). The van der Waals surface area contributed by atoms with Gasteiger partial charge in [-0.05, 0) is 11.8 Å². The highest BCUT2D eigenvalue weighted by Gasteiger charge is 2.34. The van der Waals surface area contributed by atoms with Crippen molar-refractivity contribution in [1.82, 2.24) is 4.98 Å². The number of halogens is 3. The molecule has 0 atom stereocenters. The lowest BCUT2D eigenvalue weighted by atomic mass is 10.2. The SMILES string of the molecule is CCOC(=O)Cc1c(OC(F)(F)F)cc([N+](=O)[O-])[nH]c1=O. The van der Waals surface area contributed by atoms with E-state index in [1.807, 2.05) is 0 Å². The van der Waals surface area contributed by atoms with Crippen molar-refractivity contribution >= 4 is 11.8 Å². The molecule has 8 nitrogen and oxygen atoms in total. The Balaban J connectivity index is 3.29. The largest absolute Gasteiger partial charge is 0.573 e. The lowest BCUT2D eigenvalue weighted by Crippen LogP contribution is -2.24. The molecule has 0 radical (unpaired) electrons. The van der Waals surface area contributed by atoms with Crippen LogP contribution in [0.25, 0.3) is 0 Å². The Kier molecular flexibility index (Phi) is 4.89. The van der Waals surface area contributed by atoms with Gasteiger partial charge >= 0.3 is 23.7 Å². The fourth-order valence-electron chi connectivity index (χ4n) is 1.39. The number of rotatable bonds is 5. The lowest BCUT2D eigenvalue weighted by Gasteiger charge is -2.11. The molecule has 0 aliphatic rings. The van der Waals surface area contributed by atoms with E-state index in [9.17, 15) is 32.9 Å². The van der Waals surface area contributed by atoms with E-state index in [4.69, 9.17) is 0 Å². The second kappa shape index (κ2) is 6.24. The number of carbonyl (C=O) groups is 1. The third-order valence-electron chi connectivity index (χ3n) is 2.13. The second-order valence-electron chi connectivity index (χ2n) is 3.61. The van der Waals surface area contributed by atoms with Crippen LogP contribution in [-0.2, 0) is 16.0 Å². The number of hydrogen-bond donors (Lipinski definition) is 1. The molecule has 0 unspecified atom stereocenters. The van der Waals surface area contributed by atoms with Gasteiger partial charge in [-0.1, -0.05) is 0 Å². The molecule has 0 saturated carbocycles. The van der Waals surface area contributed by atoms with E-state index in [1.54, 1.807) is 4.98 Å². The number of aromatic amines is 1. The maximum absolute atomic E-state index is 12.3. The summed E-state index contributed by atoms with van der Waals surface area (Å²) >= 11 is 0. The van der Waals surface area contributed by atoms with Crippen molar-refractivity contribution < 1.29 is 32.4 Å². The number of H-pyrrole nitrogens is 1. The maximum Gasteiger partial charge on any atom is 0.573 e. The number of nitrogens with zero attached hydrogens (tertiary/aromatic N) is 1. The first-order valence-corrected chi connectivity index (χ1v) is 5.46. The molecule has 11 heteroatoms. The third kappa shape index (κ3) is 4.78. The van der Waals surface area contributed by atoms with Gasteiger partial charge in [0.1, 0.15) is 5.75 Å². The van der Waals surface area contributed by atoms with Crippen molar-refractivity contribution in [3.05, 3.63) is 32.1 Å². The van der Waals surface area contributed by atoms with Gasteiger partial charge in [0.05, 0.1) is 24.7 Å². The van der Waals surface area contributed by atoms with E-state index < -0.39 is 46.4 Å². The van der Waals surface area contributed by atoms with Crippen molar-refractivity contribution in [2.75, 3.05) is 6.61 Å². The van der Waals surface area contributed by atoms with Crippen LogP contribution < -0.4 is 10.3 Å². The summed E-state index contributed by atoms with van der Waals surface area (Å²) in [5.41, 5.74) is -1.95. The summed E-state index contributed by atoms with van der Waals surface area (Å²) in [6, 6.07) is 0.378. The van der Waals surface area contributed by atoms with Gasteiger partial charge in [-0.25, -0.2) is 9.78 Å². The van der Waals surface area contributed by atoms with E-state index in [2.05, 4.69) is 9.47 Å². The van der Waals surface area contributed by atoms with Crippen LogP contribution >= 0.6 is 0 Å². The van der Waals surface area contributed by atoms with E-state index in [0.717, 1.165) is 0 Å². The molecule has 0 aromatic carbocycles. The highest BCUT2D eigenvalue weighted by Crippen LogP contribution is 2.27. The molecule has 1 aromatic rings. The van der Waals surface area contributed by atoms with Crippen LogP contribution in [0, 0.1) is 10.1 Å². The van der Waals surface area contributed by atoms with Gasteiger partial charge in [-0.2, -0.15) is 0 Å². The smallest absolute Gasteiger partial charge is 0.466 e. The number of esters is 1. The summed E-state index contributed by atoms with van der Waals surface area (Å²) in [4.78, 5) is 34.0. The van der Waals surface area contributed by atoms with Gasteiger partial charge in [0.2, 0.25) is 0 Å². The van der Waals surface area contributed by atoms with Gasteiger partial charge in [-0.3, -0.25) is 4.79 Å². The van der Waals surface area contributed by atoms with E-state index in [1.165, 1.54) is 6.92 Å². The molecule has 1 heterocycles. The summed E-state index contributed by atoms with van der Waals surface area (Å²) in [6.45, 7) is 1.42. The molecular weight excluding hydrogens is 301 g/mol. The molecule has 0 spiro atoms. The summed E-state index contributed by atoms with van der Waals surface area (Å²) < 4.78 is 44.8. The highest BCUT2D eigenvalue weighted by atomic mass is 19.4. The van der Waals surface area contributed by atoms with Crippen LogP contribution in [-0.4, -0.2) is 28.8 Å². The van der Waals surface area contributed by atoms with Crippen molar-refractivity contribution in [3.8, 4) is 5.75 Å². The van der Waals surface area contributed by atoms with Crippen LogP contribution in [0.15, 0.2) is 10.9 Å². The Morgan fingerprint density at radius 1 is 1.48 bits per heavy atom. The monoisotopic (exact) mass is 310 g/mol. The molecule has 0 amide bonds. The Morgan fingerprint density at radius 3 is 2.57 bits per heavy atom. The molecule has 21 heavy (non-hydrogen) atoms. The predicted molar refractivity (Wildman–Crippen MR) is 60.7 cm³/mol. The number of ether oxygens (including phenoxy) is 2. The summed E-state index contributed by atoms with van der Waals surface area (Å²) in [5, 5.41) is 10.5. The lowest BCUT2D eigenvalue weighted by molar-refractivity contribution is -0.389. The molecule has 1 rings (SSSR count). The number of aromatic nitrogens is 1. The first kappa shape index (κ1) is 16.5. The normalized spacial score (nSPS) is 11.0. The average Bonchev–Trinajstić information content (AvgIpc) is 2.31. The minimum atomic E-state index is -5.18. The fraction of sp³-hybridized carbons (Fsp3) is 0.400. The number of hydrogen-bond acceptors (Lipinski definition) is 6. The van der Waals surface area contributed by atoms with Crippen LogP contribution in [0.2, 0.25) is 0 Å². The molecule has 0 bridgehead atoms. The number of pyridine rings is 1. The maximum atomic E-state index is 12.3. The first-order valence-electron chi connectivity index (χ1n) is 5.46. The van der Waals surface area contributed by atoms with Crippen LogP contribution in [0.3, 0.4) is 0 Å². The molecule has 1 aromatic heterocycles. The second-order valence-corrected chi connectivity index (χ2v) is 3.61. The number of nitro groups is 1. The Labute approximate surface area is 114 Å². The Morgan fingerprint density at radius 2 is 2.10 bits per heavy atom. The topological polar surface area (TPSA) is 112 Å². The number of alkyl halides is 3. The van der Waals surface area contributed by atoms with Crippen molar-refractivity contribution in [2.45, 2.75) is 19.7 Å². The average molecular weight is 310 g/mol. The first-order chi connectivity index (χ1) is 9.64. The van der Waals surface area contributed by atoms with Gasteiger partial charge in [0.25, 0.3) is 0 Å². The van der Waals surface area contributed by atoms with Crippen molar-refractivity contribution in [3.63, 3.8) is 0 Å². The molecule has 0 aliphatic carbocycles. The molecule has 1 N–H and O–H groups in total. The number of carbonyl (C=O) groups excluding carboxylic acids is 1. The van der Waals surface area contributed by atoms with Crippen LogP contribution in [0.5, 0.6) is 5.75 Å². The Hall–Kier alpha value is -2.59. The van der Waals surface area contributed by atoms with E-state index in [0.29, 0.717) is 6.07 Å². The van der Waals surface area contributed by atoms with Gasteiger partial charge in [-0.15, -0.1) is 13.2 Å². The summed E-state index contributed by atoms with van der Waals surface area (Å²) in [5.74, 6) is -3.08. The third-order valence-corrected chi connectivity index (χ3v) is 2.13. The molecule has 116 valence electrons. The predicted octanol–water partition coefficient (Wildman–Crippen LogP) is 1.29. The highest BCUT2D eigenvalue weighted by molar-refractivity contribution is 5.73. The van der Waals surface area contributed by atoms with Crippen molar-refractivity contribution in [1.29, 1.82) is 0 Å². The fourth-order valence-corrected chi connectivity index (χ4v) is 1.39. The molecule has 0 saturated heterocycles. The quantitative estimate of drug-likeness (QED) is 0.498. The molecule has 0 fully saturated rings. The Bertz CT molecular complexity index is 610. The minimum Gasteiger partial charge on any atom is -0.466 e. The molecule has 0 aliphatic heterocycles. The minimum absolute atomic E-state index is 0.0425. The van der Waals surface area contributed by atoms with Crippen LogP contribution in [0.4, 0.5) is 19.0 Å². The summed E-state index contributed by atoms with van der Waals surface area (Å²) in [7, 11) is 0. The zero-order valence-corrected chi connectivity index (χ0v) is 10.5. The summed E-state index contributed by atoms with van der Waals surface area (Å²) in [6.07, 6.45) is -5.99. The van der Waals surface area contributed by atoms with Crippen molar-refractivity contribution in [2.24, 2.45) is 0 Å². The zero-order valence-electron chi connectivity index (χ0n) is 10.5. The zero-order chi connectivity index (χ0) is 16.2. The van der Waals surface area contributed by atoms with Gasteiger partial charge in [0.15, 0.2) is 0 Å².